The summed E-state index contributed by atoms with van der Waals surface area (Å²) in [6.45, 7) is 3.79. The van der Waals surface area contributed by atoms with E-state index in [1.165, 1.54) is 12.5 Å². The monoisotopic (exact) mass is 190 g/mol. The first-order chi connectivity index (χ1) is 6.70. The van der Waals surface area contributed by atoms with Gasteiger partial charge in [-0.05, 0) is 24.1 Å². The van der Waals surface area contributed by atoms with Gasteiger partial charge in [0.25, 0.3) is 0 Å². The molecule has 0 unspecified atom stereocenters. The summed E-state index contributed by atoms with van der Waals surface area (Å²) in [6, 6.07) is 8.06. The molecule has 0 saturated heterocycles. The number of carbonyl (C=O) groups is 1. The molecular formula is C12H14O2. The van der Waals surface area contributed by atoms with Crippen LogP contribution in [-0.2, 0) is 9.53 Å². The first-order valence-electron chi connectivity index (χ1n) is 4.55. The van der Waals surface area contributed by atoms with E-state index in [0.29, 0.717) is 6.61 Å². The molecule has 2 heteroatoms. The van der Waals surface area contributed by atoms with Crippen LogP contribution in [0.25, 0.3) is 6.08 Å². The fourth-order valence-corrected chi connectivity index (χ4v) is 1.11. The smallest absolute Gasteiger partial charge is 0.302 e. The van der Waals surface area contributed by atoms with E-state index >= 15 is 0 Å². The number of benzene rings is 1. The van der Waals surface area contributed by atoms with Gasteiger partial charge in [-0.3, -0.25) is 4.79 Å². The maximum Gasteiger partial charge on any atom is 0.302 e. The van der Waals surface area contributed by atoms with Crippen LogP contribution in [0, 0.1) is 6.92 Å². The zero-order chi connectivity index (χ0) is 10.4. The standard InChI is InChI=1S/C12H14O2/c1-10-6-3-4-7-12(10)8-5-9-14-11(2)13/h3-8H,9H2,1-2H3. The fourth-order valence-electron chi connectivity index (χ4n) is 1.11. The van der Waals surface area contributed by atoms with Crippen LogP contribution in [0.4, 0.5) is 0 Å². The van der Waals surface area contributed by atoms with Crippen molar-refractivity contribution in [1.29, 1.82) is 0 Å². The van der Waals surface area contributed by atoms with Gasteiger partial charge in [-0.1, -0.05) is 30.3 Å². The molecule has 0 amide bonds. The minimum absolute atomic E-state index is 0.251. The van der Waals surface area contributed by atoms with E-state index < -0.39 is 0 Å². The predicted octanol–water partition coefficient (Wildman–Crippen LogP) is 2.57. The first-order valence-corrected chi connectivity index (χ1v) is 4.55. The van der Waals surface area contributed by atoms with Crippen molar-refractivity contribution < 1.29 is 9.53 Å². The molecule has 0 heterocycles. The molecule has 0 bridgehead atoms. The molecule has 14 heavy (non-hydrogen) atoms. The summed E-state index contributed by atoms with van der Waals surface area (Å²) in [5.41, 5.74) is 2.37. The van der Waals surface area contributed by atoms with Gasteiger partial charge in [0.05, 0.1) is 0 Å². The van der Waals surface area contributed by atoms with E-state index in [0.717, 1.165) is 5.56 Å². The van der Waals surface area contributed by atoms with Gasteiger partial charge in [-0.15, -0.1) is 0 Å². The van der Waals surface area contributed by atoms with Crippen LogP contribution < -0.4 is 0 Å². The molecule has 0 saturated carbocycles. The Hall–Kier alpha value is -1.57. The van der Waals surface area contributed by atoms with E-state index in [4.69, 9.17) is 4.74 Å². The number of carbonyl (C=O) groups excluding carboxylic acids is 1. The largest absolute Gasteiger partial charge is 0.462 e. The zero-order valence-electron chi connectivity index (χ0n) is 8.49. The van der Waals surface area contributed by atoms with Crippen LogP contribution in [0.3, 0.4) is 0 Å². The number of aryl methyl sites for hydroxylation is 1. The highest BCUT2D eigenvalue weighted by Crippen LogP contribution is 2.08. The Morgan fingerprint density at radius 3 is 2.79 bits per heavy atom. The Balaban J connectivity index is 2.52. The molecule has 0 aromatic heterocycles. The van der Waals surface area contributed by atoms with Crippen molar-refractivity contribution in [3.8, 4) is 0 Å². The number of rotatable bonds is 3. The van der Waals surface area contributed by atoms with Crippen LogP contribution >= 0.6 is 0 Å². The van der Waals surface area contributed by atoms with Crippen LogP contribution in [0.5, 0.6) is 0 Å². The topological polar surface area (TPSA) is 26.3 Å². The summed E-state index contributed by atoms with van der Waals surface area (Å²) in [7, 11) is 0. The third kappa shape index (κ3) is 3.44. The van der Waals surface area contributed by atoms with E-state index in [1.54, 1.807) is 0 Å². The third-order valence-corrected chi connectivity index (χ3v) is 1.87. The molecule has 0 aliphatic rings. The second-order valence-corrected chi connectivity index (χ2v) is 3.06. The lowest BCUT2D eigenvalue weighted by Crippen LogP contribution is -1.97. The average molecular weight is 190 g/mol. The summed E-state index contributed by atoms with van der Waals surface area (Å²) in [4.78, 5) is 10.5. The van der Waals surface area contributed by atoms with E-state index in [1.807, 2.05) is 43.3 Å². The first kappa shape index (κ1) is 10.5. The maximum absolute atomic E-state index is 10.5. The number of esters is 1. The van der Waals surface area contributed by atoms with E-state index in [-0.39, 0.29) is 5.97 Å². The Labute approximate surface area is 84.2 Å². The molecule has 0 N–H and O–H groups in total. The van der Waals surface area contributed by atoms with Crippen molar-refractivity contribution >= 4 is 12.0 Å². The minimum Gasteiger partial charge on any atom is -0.462 e. The highest BCUT2D eigenvalue weighted by atomic mass is 16.5. The van der Waals surface area contributed by atoms with Crippen LogP contribution in [0.1, 0.15) is 18.1 Å². The zero-order valence-corrected chi connectivity index (χ0v) is 8.49. The van der Waals surface area contributed by atoms with E-state index in [9.17, 15) is 4.79 Å². The number of ether oxygens (including phenoxy) is 1. The normalized spacial score (nSPS) is 10.4. The Morgan fingerprint density at radius 1 is 1.43 bits per heavy atom. The second-order valence-electron chi connectivity index (χ2n) is 3.06. The average Bonchev–Trinajstić information content (AvgIpc) is 2.15. The molecule has 0 aliphatic heterocycles. The molecule has 74 valence electrons. The Kier molecular flexibility index (Phi) is 3.92. The van der Waals surface area contributed by atoms with Crippen molar-refractivity contribution in [1.82, 2.24) is 0 Å². The van der Waals surface area contributed by atoms with Crippen molar-refractivity contribution in [2.75, 3.05) is 6.61 Å². The molecule has 0 radical (unpaired) electrons. The molecule has 0 fully saturated rings. The lowest BCUT2D eigenvalue weighted by molar-refractivity contribution is -0.139. The molecule has 1 aromatic carbocycles. The molecule has 0 aliphatic carbocycles. The highest BCUT2D eigenvalue weighted by molar-refractivity contribution is 5.66. The van der Waals surface area contributed by atoms with Crippen molar-refractivity contribution in [2.45, 2.75) is 13.8 Å². The quantitative estimate of drug-likeness (QED) is 0.685. The van der Waals surface area contributed by atoms with Crippen molar-refractivity contribution in [3.05, 3.63) is 41.5 Å². The second kappa shape index (κ2) is 5.22. The van der Waals surface area contributed by atoms with Gasteiger partial charge < -0.3 is 4.74 Å². The summed E-state index contributed by atoms with van der Waals surface area (Å²) in [5, 5.41) is 0. The van der Waals surface area contributed by atoms with Gasteiger partial charge in [0.2, 0.25) is 0 Å². The minimum atomic E-state index is -0.251. The Bertz CT molecular complexity index is 340. The van der Waals surface area contributed by atoms with Crippen molar-refractivity contribution in [3.63, 3.8) is 0 Å². The molecular weight excluding hydrogens is 176 g/mol. The van der Waals surface area contributed by atoms with Gasteiger partial charge in [0.15, 0.2) is 0 Å². The molecule has 1 rings (SSSR count). The van der Waals surface area contributed by atoms with Crippen LogP contribution in [0.15, 0.2) is 30.3 Å². The predicted molar refractivity (Wildman–Crippen MR) is 56.8 cm³/mol. The van der Waals surface area contributed by atoms with Gasteiger partial charge in [0, 0.05) is 6.92 Å². The summed E-state index contributed by atoms with van der Waals surface area (Å²) >= 11 is 0. The highest BCUT2D eigenvalue weighted by Gasteiger charge is 1.91. The summed E-state index contributed by atoms with van der Waals surface area (Å²) in [5.74, 6) is -0.251. The molecule has 0 spiro atoms. The molecule has 0 atom stereocenters. The maximum atomic E-state index is 10.5. The Morgan fingerprint density at radius 2 is 2.14 bits per heavy atom. The third-order valence-electron chi connectivity index (χ3n) is 1.87. The SMILES string of the molecule is CC(=O)OCC=Cc1ccccc1C. The fraction of sp³-hybridized carbons (Fsp3) is 0.250. The lowest BCUT2D eigenvalue weighted by atomic mass is 10.1. The van der Waals surface area contributed by atoms with Crippen LogP contribution in [0.2, 0.25) is 0 Å². The van der Waals surface area contributed by atoms with Gasteiger partial charge >= 0.3 is 5.97 Å². The summed E-state index contributed by atoms with van der Waals surface area (Å²) < 4.78 is 4.78. The number of hydrogen-bond donors (Lipinski definition) is 0. The lowest BCUT2D eigenvalue weighted by Gasteiger charge is -1.98. The van der Waals surface area contributed by atoms with E-state index in [2.05, 4.69) is 0 Å². The molecule has 2 nitrogen and oxygen atoms in total. The number of hydrogen-bond acceptors (Lipinski definition) is 2. The van der Waals surface area contributed by atoms with Crippen molar-refractivity contribution in [2.24, 2.45) is 0 Å². The van der Waals surface area contributed by atoms with Gasteiger partial charge in [-0.25, -0.2) is 0 Å². The van der Waals surface area contributed by atoms with Crippen LogP contribution in [-0.4, -0.2) is 12.6 Å². The van der Waals surface area contributed by atoms with Gasteiger partial charge in [-0.2, -0.15) is 0 Å². The molecule has 1 aromatic rings. The summed E-state index contributed by atoms with van der Waals surface area (Å²) in [6.07, 6.45) is 3.79. The van der Waals surface area contributed by atoms with Gasteiger partial charge in [0.1, 0.15) is 6.61 Å².